The van der Waals surface area contributed by atoms with Gasteiger partial charge in [0.1, 0.15) is 5.82 Å². The molecule has 0 aliphatic heterocycles. The number of halogens is 1. The van der Waals surface area contributed by atoms with Gasteiger partial charge in [0.25, 0.3) is 17.7 Å². The number of benzene rings is 2. The van der Waals surface area contributed by atoms with Crippen molar-refractivity contribution in [1.82, 2.24) is 16.0 Å². The van der Waals surface area contributed by atoms with Crippen molar-refractivity contribution in [2.75, 3.05) is 13.1 Å². The lowest BCUT2D eigenvalue weighted by atomic mass is 9.91. The first-order valence-electron chi connectivity index (χ1n) is 12.9. The fourth-order valence-corrected chi connectivity index (χ4v) is 3.48. The summed E-state index contributed by atoms with van der Waals surface area (Å²) in [6.07, 6.45) is 1.03. The van der Waals surface area contributed by atoms with Crippen molar-refractivity contribution in [2.24, 2.45) is 5.41 Å². The molecule has 8 heteroatoms. The lowest BCUT2D eigenvalue weighted by Crippen LogP contribution is -2.33. The zero-order chi connectivity index (χ0) is 27.9. The van der Waals surface area contributed by atoms with E-state index < -0.39 is 17.8 Å². The predicted molar refractivity (Wildman–Crippen MR) is 144 cm³/mol. The largest absolute Gasteiger partial charge is 0.392 e. The summed E-state index contributed by atoms with van der Waals surface area (Å²) in [6.45, 7) is 13.6. The van der Waals surface area contributed by atoms with E-state index in [-0.39, 0.29) is 52.1 Å². The molecule has 202 valence electrons. The SMILES string of the molecule is CC.Cc1c(F)cc(C(=O)NC2CC2)cc1-c1ccc(C(=O)NCC(C)(C)C)cc1C(=O)NC[C@@H](C)O. The maximum atomic E-state index is 14.9. The molecule has 37 heavy (non-hydrogen) atoms. The molecule has 0 heterocycles. The van der Waals surface area contributed by atoms with Crippen LogP contribution in [0.3, 0.4) is 0 Å². The summed E-state index contributed by atoms with van der Waals surface area (Å²) in [5.74, 6) is -1.78. The van der Waals surface area contributed by atoms with Gasteiger partial charge in [0.2, 0.25) is 0 Å². The molecular weight excluding hydrogens is 473 g/mol. The van der Waals surface area contributed by atoms with E-state index in [0.717, 1.165) is 12.8 Å². The van der Waals surface area contributed by atoms with Crippen LogP contribution in [0.1, 0.15) is 91.0 Å². The highest BCUT2D eigenvalue weighted by Crippen LogP contribution is 2.31. The van der Waals surface area contributed by atoms with E-state index in [9.17, 15) is 23.9 Å². The molecule has 1 aliphatic carbocycles. The Morgan fingerprint density at radius 3 is 2.19 bits per heavy atom. The van der Waals surface area contributed by atoms with Gasteiger partial charge in [-0.05, 0) is 73.1 Å². The summed E-state index contributed by atoms with van der Waals surface area (Å²) in [5, 5.41) is 18.0. The molecule has 0 bridgehead atoms. The van der Waals surface area contributed by atoms with Crippen molar-refractivity contribution in [3.05, 3.63) is 58.4 Å². The third-order valence-corrected chi connectivity index (χ3v) is 5.67. The minimum absolute atomic E-state index is 0.00982. The zero-order valence-electron chi connectivity index (χ0n) is 22.9. The van der Waals surface area contributed by atoms with Crippen molar-refractivity contribution < 1.29 is 23.9 Å². The van der Waals surface area contributed by atoms with Crippen molar-refractivity contribution >= 4 is 17.7 Å². The van der Waals surface area contributed by atoms with Crippen LogP contribution in [0.25, 0.3) is 11.1 Å². The number of hydrogen-bond acceptors (Lipinski definition) is 4. The lowest BCUT2D eigenvalue weighted by Gasteiger charge is -2.19. The third-order valence-electron chi connectivity index (χ3n) is 5.67. The van der Waals surface area contributed by atoms with Gasteiger partial charge in [-0.3, -0.25) is 14.4 Å². The summed E-state index contributed by atoms with van der Waals surface area (Å²) >= 11 is 0. The topological polar surface area (TPSA) is 108 Å². The van der Waals surface area contributed by atoms with Crippen LogP contribution in [-0.4, -0.2) is 48.1 Å². The van der Waals surface area contributed by atoms with Gasteiger partial charge in [-0.2, -0.15) is 0 Å². The molecule has 1 aliphatic rings. The summed E-state index contributed by atoms with van der Waals surface area (Å²) < 4.78 is 14.9. The Morgan fingerprint density at radius 1 is 0.973 bits per heavy atom. The fourth-order valence-electron chi connectivity index (χ4n) is 3.48. The van der Waals surface area contributed by atoms with Crippen LogP contribution in [0.4, 0.5) is 4.39 Å². The van der Waals surface area contributed by atoms with Gasteiger partial charge in [-0.25, -0.2) is 4.39 Å². The van der Waals surface area contributed by atoms with E-state index >= 15 is 0 Å². The fraction of sp³-hybridized carbons (Fsp3) is 0.483. The lowest BCUT2D eigenvalue weighted by molar-refractivity contribution is 0.0922. The minimum Gasteiger partial charge on any atom is -0.392 e. The number of carbonyl (C=O) groups is 3. The predicted octanol–water partition coefficient (Wildman–Crippen LogP) is 4.61. The molecule has 0 spiro atoms. The molecule has 1 saturated carbocycles. The molecule has 3 amide bonds. The van der Waals surface area contributed by atoms with E-state index in [1.165, 1.54) is 12.1 Å². The van der Waals surface area contributed by atoms with E-state index in [1.54, 1.807) is 32.0 Å². The number of rotatable bonds is 8. The van der Waals surface area contributed by atoms with Crippen LogP contribution in [0.2, 0.25) is 0 Å². The first-order chi connectivity index (χ1) is 17.4. The van der Waals surface area contributed by atoms with Gasteiger partial charge in [0, 0.05) is 35.8 Å². The van der Waals surface area contributed by atoms with Crippen LogP contribution < -0.4 is 16.0 Å². The highest BCUT2D eigenvalue weighted by Gasteiger charge is 2.26. The Balaban J connectivity index is 0.00000235. The summed E-state index contributed by atoms with van der Waals surface area (Å²) in [7, 11) is 0. The average molecular weight is 514 g/mol. The van der Waals surface area contributed by atoms with Crippen LogP contribution in [-0.2, 0) is 0 Å². The van der Waals surface area contributed by atoms with Crippen LogP contribution in [0.15, 0.2) is 30.3 Å². The molecule has 2 aromatic rings. The molecule has 0 saturated heterocycles. The highest BCUT2D eigenvalue weighted by atomic mass is 19.1. The second-order valence-electron chi connectivity index (χ2n) is 10.4. The maximum Gasteiger partial charge on any atom is 0.252 e. The Morgan fingerprint density at radius 2 is 1.62 bits per heavy atom. The Hall–Kier alpha value is -3.26. The smallest absolute Gasteiger partial charge is 0.252 e. The summed E-state index contributed by atoms with van der Waals surface area (Å²) in [4.78, 5) is 38.4. The second kappa shape index (κ2) is 12.8. The highest BCUT2D eigenvalue weighted by molar-refractivity contribution is 6.05. The normalized spacial score (nSPS) is 13.6. The van der Waals surface area contributed by atoms with Crippen LogP contribution in [0.5, 0.6) is 0 Å². The maximum absolute atomic E-state index is 14.9. The van der Waals surface area contributed by atoms with Crippen molar-refractivity contribution in [1.29, 1.82) is 0 Å². The Bertz CT molecular complexity index is 1130. The van der Waals surface area contributed by atoms with E-state index in [0.29, 0.717) is 17.7 Å². The quantitative estimate of drug-likeness (QED) is 0.414. The summed E-state index contributed by atoms with van der Waals surface area (Å²) in [5.41, 5.74) is 1.52. The van der Waals surface area contributed by atoms with Gasteiger partial charge in [0.05, 0.1) is 6.10 Å². The minimum atomic E-state index is -0.769. The van der Waals surface area contributed by atoms with E-state index in [4.69, 9.17) is 0 Å². The number of nitrogens with one attached hydrogen (secondary N) is 3. The van der Waals surface area contributed by atoms with Crippen molar-refractivity contribution in [2.45, 2.75) is 73.5 Å². The molecule has 4 N–H and O–H groups in total. The molecule has 3 rings (SSSR count). The van der Waals surface area contributed by atoms with Gasteiger partial charge in [-0.15, -0.1) is 0 Å². The Labute approximate surface area is 219 Å². The second-order valence-corrected chi connectivity index (χ2v) is 10.4. The average Bonchev–Trinajstić information content (AvgIpc) is 3.67. The molecule has 1 fully saturated rings. The standard InChI is InChI=1S/C27H34FN3O4.C2H6/c1-15(32)13-29-26(35)22-10-17(24(33)30-14-27(3,4)5)6-9-20(22)21-11-18(12-23(28)16(21)2)25(34)31-19-7-8-19;1-2/h6,9-12,15,19,32H,7-8,13-14H2,1-5H3,(H,29,35)(H,30,33)(H,31,34);1-2H3/t15-;/m1./s1. The first-order valence-corrected chi connectivity index (χ1v) is 12.9. The summed E-state index contributed by atoms with van der Waals surface area (Å²) in [6, 6.07) is 7.50. The molecule has 1 atom stereocenters. The molecule has 7 nitrogen and oxygen atoms in total. The van der Waals surface area contributed by atoms with Gasteiger partial charge in [0.15, 0.2) is 0 Å². The van der Waals surface area contributed by atoms with Gasteiger partial charge < -0.3 is 21.1 Å². The third kappa shape index (κ3) is 8.67. The van der Waals surface area contributed by atoms with E-state index in [2.05, 4.69) is 16.0 Å². The monoisotopic (exact) mass is 513 g/mol. The first kappa shape index (κ1) is 30.0. The number of aliphatic hydroxyl groups is 1. The molecular formula is C29H40FN3O4. The molecule has 0 aromatic heterocycles. The van der Waals surface area contributed by atoms with Crippen LogP contribution >= 0.6 is 0 Å². The van der Waals surface area contributed by atoms with Crippen molar-refractivity contribution in [3.8, 4) is 11.1 Å². The number of carbonyl (C=O) groups excluding carboxylic acids is 3. The number of hydrogen-bond donors (Lipinski definition) is 4. The number of aliphatic hydroxyl groups excluding tert-OH is 1. The zero-order valence-corrected chi connectivity index (χ0v) is 22.9. The van der Waals surface area contributed by atoms with Crippen LogP contribution in [0, 0.1) is 18.2 Å². The van der Waals surface area contributed by atoms with Gasteiger partial charge in [-0.1, -0.05) is 40.7 Å². The Kier molecular flexibility index (Phi) is 10.4. The van der Waals surface area contributed by atoms with Crippen molar-refractivity contribution in [3.63, 3.8) is 0 Å². The molecule has 0 radical (unpaired) electrons. The number of amides is 3. The molecule has 2 aromatic carbocycles. The van der Waals surface area contributed by atoms with Gasteiger partial charge >= 0.3 is 0 Å². The molecule has 0 unspecified atom stereocenters. The van der Waals surface area contributed by atoms with E-state index in [1.807, 2.05) is 34.6 Å².